The third-order valence-electron chi connectivity index (χ3n) is 17.1. The third-order valence-corrected chi connectivity index (χ3v) is 18.8. The van der Waals surface area contributed by atoms with E-state index >= 15 is 0 Å². The average molecular weight is 1350 g/mol. The van der Waals surface area contributed by atoms with E-state index in [0.29, 0.717) is 41.7 Å². The number of carboxylic acid groups (broad SMARTS) is 1. The van der Waals surface area contributed by atoms with Crippen LogP contribution in [0.4, 0.5) is 41.0 Å². The number of amides is 3. The Morgan fingerprint density at radius 2 is 1.10 bits per heavy atom. The van der Waals surface area contributed by atoms with Crippen molar-refractivity contribution < 1.29 is 59.0 Å². The van der Waals surface area contributed by atoms with Crippen LogP contribution in [0.15, 0.2) is 60.9 Å². The van der Waals surface area contributed by atoms with Crippen molar-refractivity contribution in [1.82, 2.24) is 44.3 Å². The van der Waals surface area contributed by atoms with Gasteiger partial charge in [0.05, 0.1) is 64.5 Å². The monoisotopic (exact) mass is 1340 g/mol. The van der Waals surface area contributed by atoms with Gasteiger partial charge in [-0.1, -0.05) is 30.6 Å². The van der Waals surface area contributed by atoms with Crippen molar-refractivity contribution in [3.05, 3.63) is 105 Å². The Morgan fingerprint density at radius 3 is 1.48 bits per heavy atom. The maximum absolute atomic E-state index is 13.9. The van der Waals surface area contributed by atoms with E-state index in [-0.39, 0.29) is 76.7 Å². The largest absolute Gasteiger partial charge is 0.490 e. The number of sulfonamides is 2. The number of carboxylic acids is 1. The number of nitrogens with two attached hydrogens (primary N) is 1. The molecule has 4 aliphatic heterocycles. The topological polar surface area (TPSA) is 301 Å². The lowest BCUT2D eigenvalue weighted by Gasteiger charge is -2.35. The number of carbonyl (C=O) groups excluding carboxylic acids is 3. The number of carbonyl (C=O) groups is 4. The molecule has 494 valence electrons. The molecule has 91 heavy (non-hydrogen) atoms. The van der Waals surface area contributed by atoms with Gasteiger partial charge in [-0.3, -0.25) is 19.0 Å². The first kappa shape index (κ1) is 68.2. The number of halogens is 5. The second-order valence-corrected chi connectivity index (χ2v) is 29.9. The number of piperidine rings is 2. The number of anilines is 4. The molecular weight excluding hydrogens is 1270 g/mol. The van der Waals surface area contributed by atoms with E-state index in [9.17, 15) is 44.4 Å². The number of fused-ring (bicyclic) bond motifs is 2. The SMILES string of the molecule is C.Cc1cn2nc([C@@H]3CCCCN3C(=O)c3cc(Cl)ccc3NS(C)(=O)=O)cc2nc1N1C[C@@H](N)C2(CC2)C1.Cc1cn2nc([C@@H]3CCCCN3C(=O)c3cc(Cl)ccc3NS(C)(=O)=O)cc2nc1N1C[C@@H](NC(=O)OC(C)(C)C)C2(CC2)C1.O=C(O)C(F)(F)F. The molecule has 2 aliphatic carbocycles. The molecule has 6 fully saturated rings. The van der Waals surface area contributed by atoms with Gasteiger partial charge in [0.1, 0.15) is 17.2 Å². The highest BCUT2D eigenvalue weighted by Crippen LogP contribution is 2.54. The van der Waals surface area contributed by atoms with Crippen molar-refractivity contribution in [2.75, 3.05) is 71.0 Å². The maximum Gasteiger partial charge on any atom is 0.490 e. The van der Waals surface area contributed by atoms with Crippen LogP contribution in [0.5, 0.6) is 0 Å². The summed E-state index contributed by atoms with van der Waals surface area (Å²) in [6.45, 7) is 13.8. The first-order chi connectivity index (χ1) is 42.1. The molecule has 12 rings (SSSR count). The Labute approximate surface area is 536 Å². The van der Waals surface area contributed by atoms with Crippen molar-refractivity contribution in [2.45, 2.75) is 142 Å². The molecular formula is C60H77Cl2F3N14O10S2. The number of benzene rings is 2. The number of alkyl halides is 3. The molecule has 31 heteroatoms. The highest BCUT2D eigenvalue weighted by molar-refractivity contribution is 7.92. The van der Waals surface area contributed by atoms with Gasteiger partial charge in [-0.15, -0.1) is 0 Å². The number of hydrogen-bond donors (Lipinski definition) is 5. The lowest BCUT2D eigenvalue weighted by Crippen LogP contribution is -2.44. The van der Waals surface area contributed by atoms with Gasteiger partial charge in [0.2, 0.25) is 20.0 Å². The molecule has 6 N–H and O–H groups in total. The van der Waals surface area contributed by atoms with Crippen LogP contribution in [0, 0.1) is 24.7 Å². The third kappa shape index (κ3) is 15.7. The van der Waals surface area contributed by atoms with Gasteiger partial charge in [0.25, 0.3) is 11.8 Å². The van der Waals surface area contributed by atoms with Crippen molar-refractivity contribution >= 4 is 101 Å². The zero-order chi connectivity index (χ0) is 65.2. The fourth-order valence-electron chi connectivity index (χ4n) is 12.5. The molecule has 4 aromatic heterocycles. The lowest BCUT2D eigenvalue weighted by atomic mass is 9.98. The highest BCUT2D eigenvalue weighted by Gasteiger charge is 2.57. The summed E-state index contributed by atoms with van der Waals surface area (Å²) in [5.41, 5.74) is 11.8. The second-order valence-electron chi connectivity index (χ2n) is 25.5. The van der Waals surface area contributed by atoms with Crippen LogP contribution >= 0.6 is 23.2 Å². The highest BCUT2D eigenvalue weighted by atomic mass is 35.5. The fraction of sp³-hybridized carbons (Fsp3) is 0.533. The number of hydrogen-bond acceptors (Lipinski definition) is 16. The summed E-state index contributed by atoms with van der Waals surface area (Å²) >= 11 is 12.4. The average Bonchev–Trinajstić information content (AvgIpc) is 1.60. The second kappa shape index (κ2) is 25.7. The predicted octanol–water partition coefficient (Wildman–Crippen LogP) is 9.55. The molecule has 0 unspecified atom stereocenters. The van der Waals surface area contributed by atoms with E-state index in [4.69, 9.17) is 63.7 Å². The first-order valence-electron chi connectivity index (χ1n) is 29.5. The van der Waals surface area contributed by atoms with E-state index < -0.39 is 43.9 Å². The van der Waals surface area contributed by atoms with E-state index in [1.54, 1.807) is 31.0 Å². The smallest absolute Gasteiger partial charge is 0.475 e. The Kier molecular flexibility index (Phi) is 19.3. The zero-order valence-electron chi connectivity index (χ0n) is 50.8. The molecule has 4 saturated heterocycles. The molecule has 6 aromatic rings. The van der Waals surface area contributed by atoms with Crippen molar-refractivity contribution in [1.29, 1.82) is 0 Å². The fourth-order valence-corrected chi connectivity index (χ4v) is 14.0. The van der Waals surface area contributed by atoms with Crippen LogP contribution in [0.3, 0.4) is 0 Å². The van der Waals surface area contributed by atoms with Gasteiger partial charge < -0.3 is 40.5 Å². The van der Waals surface area contributed by atoms with Crippen LogP contribution in [-0.2, 0) is 29.6 Å². The Morgan fingerprint density at radius 1 is 0.681 bits per heavy atom. The number of nitrogens with one attached hydrogen (secondary N) is 3. The van der Waals surface area contributed by atoms with Gasteiger partial charge in [-0.25, -0.2) is 45.4 Å². The lowest BCUT2D eigenvalue weighted by molar-refractivity contribution is -0.192. The molecule has 0 radical (unpaired) electrons. The summed E-state index contributed by atoms with van der Waals surface area (Å²) in [7, 11) is -7.20. The van der Waals surface area contributed by atoms with Gasteiger partial charge in [-0.2, -0.15) is 23.4 Å². The van der Waals surface area contributed by atoms with Crippen LogP contribution in [0.25, 0.3) is 11.3 Å². The van der Waals surface area contributed by atoms with Crippen LogP contribution in [0.2, 0.25) is 10.0 Å². The summed E-state index contributed by atoms with van der Waals surface area (Å²) in [5.74, 6) is -1.57. The summed E-state index contributed by atoms with van der Waals surface area (Å²) in [6, 6.07) is 12.6. The van der Waals surface area contributed by atoms with Gasteiger partial charge in [-0.05, 0) is 135 Å². The Hall–Kier alpha value is -7.21. The van der Waals surface area contributed by atoms with Crippen LogP contribution in [-0.4, -0.2) is 160 Å². The molecule has 2 saturated carbocycles. The van der Waals surface area contributed by atoms with E-state index in [0.717, 1.165) is 117 Å². The summed E-state index contributed by atoms with van der Waals surface area (Å²) in [4.78, 5) is 67.3. The normalized spacial score (nSPS) is 20.9. The molecule has 6 aliphatic rings. The quantitative estimate of drug-likeness (QED) is 0.0806. The van der Waals surface area contributed by atoms with E-state index in [1.807, 2.05) is 59.1 Å². The summed E-state index contributed by atoms with van der Waals surface area (Å²) in [6.07, 6.45) is 10.0. The Bertz CT molecular complexity index is 4030. The minimum atomic E-state index is -5.08. The number of likely N-dealkylation sites (tertiary alicyclic amines) is 2. The minimum Gasteiger partial charge on any atom is -0.475 e. The van der Waals surface area contributed by atoms with E-state index in [2.05, 4.69) is 24.6 Å². The van der Waals surface area contributed by atoms with Gasteiger partial charge in [0, 0.05) is 102 Å². The standard InChI is InChI=1S/C31H40ClN7O5S.C26H32ClN7O3S.C2HF3O2.CH4/c1-19-16-39-26(34-27(19)37-17-25(31(18-37)11-12-31)33-29(41)44-30(2,3)4)15-23(35-39)24-8-6-7-13-38(24)28(40)21-14-20(32)9-10-22(21)36-45(5,42)43;1-16-13-34-23(29-24(16)32-14-22(28)26(15-32)8-9-26)12-20(30-34)21-5-3-4-10-33(21)25(35)18-11-17(27)6-7-19(18)31-38(2,36)37;3-2(4,5)1(6)7;/h9-10,14-16,24-25,36H,6-8,11-13,17-18H2,1-5H3,(H,33,41);6-7,11-13,21-22,31H,3-5,8-10,14-15,28H2,1-2H3;(H,6,7);1H4/t24-,25+;21-,22+;;/m00../s1. The number of nitrogens with zero attached hydrogens (tertiary/aromatic N) is 10. The number of aliphatic carboxylic acids is 1. The predicted molar refractivity (Wildman–Crippen MR) is 340 cm³/mol. The summed E-state index contributed by atoms with van der Waals surface area (Å²) in [5, 5.41) is 20.6. The molecule has 8 heterocycles. The molecule has 3 amide bonds. The van der Waals surface area contributed by atoms with Crippen LogP contribution < -0.4 is 30.3 Å². The number of aryl methyl sites for hydroxylation is 2. The number of alkyl carbamates (subject to hydrolysis) is 1. The van der Waals surface area contributed by atoms with Crippen molar-refractivity contribution in [3.8, 4) is 0 Å². The van der Waals surface area contributed by atoms with E-state index in [1.165, 1.54) is 37.1 Å². The molecule has 4 atom stereocenters. The number of rotatable bonds is 11. The van der Waals surface area contributed by atoms with Crippen molar-refractivity contribution in [3.63, 3.8) is 0 Å². The number of aromatic nitrogens is 6. The zero-order valence-corrected chi connectivity index (χ0v) is 53.9. The van der Waals surface area contributed by atoms with Gasteiger partial charge in [0.15, 0.2) is 11.3 Å². The first-order valence-corrected chi connectivity index (χ1v) is 34.1. The minimum absolute atomic E-state index is 0. The molecule has 24 nitrogen and oxygen atoms in total. The summed E-state index contributed by atoms with van der Waals surface area (Å²) < 4.78 is 93.6. The van der Waals surface area contributed by atoms with Crippen LogP contribution in [0.1, 0.15) is 148 Å². The maximum atomic E-state index is 13.9. The van der Waals surface area contributed by atoms with Gasteiger partial charge >= 0.3 is 18.2 Å². The number of ether oxygens (including phenoxy) is 1. The van der Waals surface area contributed by atoms with Crippen molar-refractivity contribution in [2.24, 2.45) is 16.6 Å². The molecule has 0 bridgehead atoms. The molecule has 2 spiro atoms. The molecule has 2 aromatic carbocycles. The Balaban J connectivity index is 0.000000195.